The van der Waals surface area contributed by atoms with Crippen LogP contribution < -0.4 is 5.32 Å². The second kappa shape index (κ2) is 8.08. The van der Waals surface area contributed by atoms with Crippen LogP contribution in [0.2, 0.25) is 0 Å². The van der Waals surface area contributed by atoms with Crippen molar-refractivity contribution in [3.63, 3.8) is 0 Å². The van der Waals surface area contributed by atoms with Crippen LogP contribution in [0, 0.1) is 0 Å². The lowest BCUT2D eigenvalue weighted by Gasteiger charge is -2.25. The number of aromatic nitrogens is 1. The van der Waals surface area contributed by atoms with Crippen molar-refractivity contribution in [2.75, 3.05) is 26.9 Å². The Morgan fingerprint density at radius 2 is 2.08 bits per heavy atom. The number of carbonyl (C=O) groups is 2. The maximum atomic E-state index is 12.2. The summed E-state index contributed by atoms with van der Waals surface area (Å²) >= 11 is 0. The first kappa shape index (κ1) is 18.2. The van der Waals surface area contributed by atoms with Gasteiger partial charge in [-0.05, 0) is 44.5 Å². The van der Waals surface area contributed by atoms with E-state index in [9.17, 15) is 9.59 Å². The number of hydrogen-bond donors (Lipinski definition) is 2. The minimum Gasteiger partial charge on any atom is -0.385 e. The topological polar surface area (TPSA) is 80.4 Å². The van der Waals surface area contributed by atoms with Gasteiger partial charge < -0.3 is 19.8 Å². The highest BCUT2D eigenvalue weighted by molar-refractivity contribution is 5.99. The Bertz CT molecular complexity index is 706. The van der Waals surface area contributed by atoms with Crippen LogP contribution in [0.3, 0.4) is 0 Å². The van der Waals surface area contributed by atoms with Crippen molar-refractivity contribution in [3.05, 3.63) is 35.5 Å². The number of nitrogens with one attached hydrogen (secondary N) is 2. The van der Waals surface area contributed by atoms with Crippen LogP contribution in [0.25, 0.3) is 10.9 Å². The molecule has 0 spiro atoms. The largest absolute Gasteiger partial charge is 0.385 e. The number of aromatic amines is 1. The number of rotatable bonds is 9. The van der Waals surface area contributed by atoms with Crippen molar-refractivity contribution in [3.8, 4) is 0 Å². The fraction of sp³-hybridized carbons (Fsp3) is 0.444. The van der Waals surface area contributed by atoms with Gasteiger partial charge in [-0.1, -0.05) is 0 Å². The van der Waals surface area contributed by atoms with Gasteiger partial charge in [0.1, 0.15) is 12.0 Å². The Balaban J connectivity index is 1.85. The fourth-order valence-electron chi connectivity index (χ4n) is 2.35. The molecule has 2 aromatic rings. The zero-order chi connectivity index (χ0) is 17.6. The molecule has 6 nitrogen and oxygen atoms in total. The number of amides is 1. The van der Waals surface area contributed by atoms with Gasteiger partial charge in [-0.15, -0.1) is 0 Å². The van der Waals surface area contributed by atoms with Gasteiger partial charge in [0, 0.05) is 36.7 Å². The Hall–Kier alpha value is -2.18. The van der Waals surface area contributed by atoms with Gasteiger partial charge in [0.2, 0.25) is 0 Å². The van der Waals surface area contributed by atoms with Crippen molar-refractivity contribution in [1.29, 1.82) is 0 Å². The van der Waals surface area contributed by atoms with E-state index in [4.69, 9.17) is 9.47 Å². The average molecular weight is 332 g/mol. The average Bonchev–Trinajstić information content (AvgIpc) is 3.00. The molecule has 1 aromatic carbocycles. The van der Waals surface area contributed by atoms with Crippen molar-refractivity contribution in [2.24, 2.45) is 0 Å². The third kappa shape index (κ3) is 4.91. The van der Waals surface area contributed by atoms with E-state index in [0.29, 0.717) is 31.0 Å². The summed E-state index contributed by atoms with van der Waals surface area (Å²) in [5.41, 5.74) is 1.59. The molecule has 0 radical (unpaired) electrons. The molecule has 0 fully saturated rings. The smallest absolute Gasteiger partial charge is 0.267 e. The number of H-pyrrole nitrogens is 1. The molecule has 0 atom stereocenters. The predicted octanol–water partition coefficient (Wildman–Crippen LogP) is 2.54. The molecule has 2 rings (SSSR count). The number of fused-ring (bicyclic) bond motifs is 1. The molecule has 1 amide bonds. The van der Waals surface area contributed by atoms with E-state index in [1.807, 2.05) is 13.8 Å². The Labute approximate surface area is 141 Å². The summed E-state index contributed by atoms with van der Waals surface area (Å²) in [5, 5.41) is 3.66. The second-order valence-corrected chi connectivity index (χ2v) is 6.25. The quantitative estimate of drug-likeness (QED) is 0.546. The van der Waals surface area contributed by atoms with Crippen LogP contribution in [-0.4, -0.2) is 49.6 Å². The van der Waals surface area contributed by atoms with E-state index < -0.39 is 0 Å². The van der Waals surface area contributed by atoms with E-state index in [1.165, 1.54) is 0 Å². The van der Waals surface area contributed by atoms with E-state index in [1.54, 1.807) is 31.4 Å². The summed E-state index contributed by atoms with van der Waals surface area (Å²) in [7, 11) is 1.66. The molecule has 0 bridgehead atoms. The maximum absolute atomic E-state index is 12.2. The SMILES string of the molecule is COCCC(C)(C)OCCNC(=O)c1cc2cc(C=O)ccc2[nH]1. The summed E-state index contributed by atoms with van der Waals surface area (Å²) < 4.78 is 10.8. The lowest BCUT2D eigenvalue weighted by molar-refractivity contribution is -0.0344. The fourth-order valence-corrected chi connectivity index (χ4v) is 2.35. The molecule has 0 unspecified atom stereocenters. The van der Waals surface area contributed by atoms with Crippen LogP contribution in [0.5, 0.6) is 0 Å². The van der Waals surface area contributed by atoms with Gasteiger partial charge in [-0.25, -0.2) is 0 Å². The van der Waals surface area contributed by atoms with Crippen molar-refractivity contribution >= 4 is 23.1 Å². The first-order valence-corrected chi connectivity index (χ1v) is 7.94. The highest BCUT2D eigenvalue weighted by Gasteiger charge is 2.18. The van der Waals surface area contributed by atoms with Crippen molar-refractivity contribution in [1.82, 2.24) is 10.3 Å². The van der Waals surface area contributed by atoms with Crippen molar-refractivity contribution < 1.29 is 19.1 Å². The first-order chi connectivity index (χ1) is 11.4. The van der Waals surface area contributed by atoms with Crippen LogP contribution >= 0.6 is 0 Å². The second-order valence-electron chi connectivity index (χ2n) is 6.25. The van der Waals surface area contributed by atoms with Crippen LogP contribution in [-0.2, 0) is 9.47 Å². The number of aldehydes is 1. The summed E-state index contributed by atoms with van der Waals surface area (Å²) in [6, 6.07) is 6.98. The standard InChI is InChI=1S/C18H24N2O4/c1-18(2,6-8-23-3)24-9-7-19-17(22)16-11-14-10-13(12-21)4-5-15(14)20-16/h4-5,10-12,20H,6-9H2,1-3H3,(H,19,22). The minimum absolute atomic E-state index is 0.197. The third-order valence-electron chi connectivity index (χ3n) is 3.81. The molecule has 130 valence electrons. The van der Waals surface area contributed by atoms with E-state index in [0.717, 1.165) is 23.6 Å². The monoisotopic (exact) mass is 332 g/mol. The zero-order valence-electron chi connectivity index (χ0n) is 14.3. The minimum atomic E-state index is -0.285. The Morgan fingerprint density at radius 3 is 2.79 bits per heavy atom. The summed E-state index contributed by atoms with van der Waals surface area (Å²) in [6.07, 6.45) is 1.58. The molecule has 0 aliphatic heterocycles. The summed E-state index contributed by atoms with van der Waals surface area (Å²) in [5.74, 6) is -0.197. The number of carbonyl (C=O) groups excluding carboxylic acids is 2. The van der Waals surface area contributed by atoms with E-state index in [2.05, 4.69) is 10.3 Å². The van der Waals surface area contributed by atoms with E-state index in [-0.39, 0.29) is 11.5 Å². The number of benzene rings is 1. The summed E-state index contributed by atoms with van der Waals surface area (Å²) in [4.78, 5) is 26.0. The number of hydrogen-bond acceptors (Lipinski definition) is 4. The number of methoxy groups -OCH3 is 1. The van der Waals surface area contributed by atoms with E-state index >= 15 is 0 Å². The molecule has 0 aliphatic carbocycles. The highest BCUT2D eigenvalue weighted by Crippen LogP contribution is 2.17. The molecule has 2 N–H and O–H groups in total. The molecule has 1 heterocycles. The molecule has 1 aromatic heterocycles. The van der Waals surface area contributed by atoms with Gasteiger partial charge in [-0.2, -0.15) is 0 Å². The maximum Gasteiger partial charge on any atom is 0.267 e. The summed E-state index contributed by atoms with van der Waals surface area (Å²) in [6.45, 7) is 5.48. The van der Waals surface area contributed by atoms with Crippen molar-refractivity contribution in [2.45, 2.75) is 25.9 Å². The number of ether oxygens (including phenoxy) is 2. The predicted molar refractivity (Wildman–Crippen MR) is 92.5 cm³/mol. The molecule has 24 heavy (non-hydrogen) atoms. The lowest BCUT2D eigenvalue weighted by atomic mass is 10.1. The Morgan fingerprint density at radius 1 is 1.29 bits per heavy atom. The van der Waals surface area contributed by atoms with Gasteiger partial charge in [0.15, 0.2) is 0 Å². The molecular weight excluding hydrogens is 308 g/mol. The van der Waals surface area contributed by atoms with Gasteiger partial charge in [0.25, 0.3) is 5.91 Å². The lowest BCUT2D eigenvalue weighted by Crippen LogP contribution is -2.33. The molecule has 0 saturated carbocycles. The van der Waals surface area contributed by atoms with Crippen LogP contribution in [0.1, 0.15) is 41.1 Å². The molecule has 6 heteroatoms. The normalized spacial score (nSPS) is 11.6. The third-order valence-corrected chi connectivity index (χ3v) is 3.81. The Kier molecular flexibility index (Phi) is 6.11. The van der Waals surface area contributed by atoms with Gasteiger partial charge in [0.05, 0.1) is 12.2 Å². The molecular formula is C18H24N2O4. The van der Waals surface area contributed by atoms with Gasteiger partial charge >= 0.3 is 0 Å². The molecule has 0 aliphatic rings. The first-order valence-electron chi connectivity index (χ1n) is 7.94. The highest BCUT2D eigenvalue weighted by atomic mass is 16.5. The van der Waals surface area contributed by atoms with Crippen LogP contribution in [0.15, 0.2) is 24.3 Å². The zero-order valence-corrected chi connectivity index (χ0v) is 14.3. The molecule has 0 saturated heterocycles. The van der Waals surface area contributed by atoms with Gasteiger partial charge in [-0.3, -0.25) is 9.59 Å². The van der Waals surface area contributed by atoms with Crippen LogP contribution in [0.4, 0.5) is 0 Å².